The first-order valence-electron chi connectivity index (χ1n) is 1.99. The predicted octanol–water partition coefficient (Wildman–Crippen LogP) is 0.992. The Balaban J connectivity index is 3.17. The van der Waals surface area contributed by atoms with Gasteiger partial charge in [-0.25, -0.2) is 0 Å². The standard InChI is InChI=1S/C4H10Se.Mg/c1-4(2,3)5;/h5H,1-3H3;/q;+2/p-1. The Morgan fingerprint density at radius 2 is 1.50 bits per heavy atom. The quantitative estimate of drug-likeness (QED) is 0.464. The monoisotopic (exact) mass is 161 g/mol. The van der Waals surface area contributed by atoms with E-state index in [9.17, 15) is 0 Å². The summed E-state index contributed by atoms with van der Waals surface area (Å²) < 4.78 is 0.617. The third-order valence-electron chi connectivity index (χ3n) is 0.433. The van der Waals surface area contributed by atoms with Gasteiger partial charge in [-0.1, -0.05) is 0 Å². The van der Waals surface area contributed by atoms with Gasteiger partial charge in [0.05, 0.1) is 0 Å². The van der Waals surface area contributed by atoms with Gasteiger partial charge in [0.25, 0.3) is 0 Å². The summed E-state index contributed by atoms with van der Waals surface area (Å²) in [5.41, 5.74) is 0. The second-order valence-corrected chi connectivity index (χ2v) is 6.93. The number of hydrogen-bond acceptors (Lipinski definition) is 0. The molecule has 0 radical (unpaired) electrons. The molecule has 0 atom stereocenters. The fraction of sp³-hybridized carbons (Fsp3) is 1.00. The zero-order valence-corrected chi connectivity index (χ0v) is 7.74. The van der Waals surface area contributed by atoms with E-state index in [1.54, 1.807) is 0 Å². The Kier molecular flexibility index (Phi) is 3.11. The van der Waals surface area contributed by atoms with E-state index >= 15 is 0 Å². The zero-order valence-electron chi connectivity index (χ0n) is 4.62. The molecule has 0 heterocycles. The fourth-order valence-electron chi connectivity index (χ4n) is 0. The first-order valence-corrected chi connectivity index (χ1v) is 7.06. The van der Waals surface area contributed by atoms with Crippen molar-refractivity contribution in [3.63, 3.8) is 0 Å². The molecule has 2 heteroatoms. The van der Waals surface area contributed by atoms with Gasteiger partial charge in [0.15, 0.2) is 0 Å². The summed E-state index contributed by atoms with van der Waals surface area (Å²) in [7, 11) is 0. The van der Waals surface area contributed by atoms with Gasteiger partial charge in [-0.15, -0.1) is 0 Å². The SMILES string of the molecule is CC(C)(C)[Se][Mg+]. The normalized spacial score (nSPS) is 12.2. The van der Waals surface area contributed by atoms with Crippen LogP contribution in [0, 0.1) is 0 Å². The Labute approximate surface area is 56.4 Å². The molecule has 0 aromatic carbocycles. The van der Waals surface area contributed by atoms with Gasteiger partial charge in [0.1, 0.15) is 0 Å². The van der Waals surface area contributed by atoms with Crippen LogP contribution in [0.15, 0.2) is 0 Å². The van der Waals surface area contributed by atoms with E-state index in [0.29, 0.717) is 4.31 Å². The maximum atomic E-state index is 2.28. The van der Waals surface area contributed by atoms with Crippen molar-refractivity contribution in [1.29, 1.82) is 0 Å². The van der Waals surface area contributed by atoms with Crippen molar-refractivity contribution >= 4 is 31.4 Å². The first kappa shape index (κ1) is 7.29. The summed E-state index contributed by atoms with van der Waals surface area (Å²) in [6.07, 6.45) is 0. The van der Waals surface area contributed by atoms with E-state index in [1.165, 1.54) is 0 Å². The third-order valence-corrected chi connectivity index (χ3v) is 6.75. The molecule has 0 nitrogen and oxygen atoms in total. The van der Waals surface area contributed by atoms with E-state index in [4.69, 9.17) is 0 Å². The Morgan fingerprint density at radius 1 is 1.33 bits per heavy atom. The van der Waals surface area contributed by atoms with Crippen LogP contribution in [0.25, 0.3) is 0 Å². The molecule has 0 spiro atoms. The topological polar surface area (TPSA) is 0 Å². The molecule has 0 aliphatic rings. The molecular weight excluding hydrogens is 151 g/mol. The minimum atomic E-state index is 0.617. The van der Waals surface area contributed by atoms with Crippen molar-refractivity contribution in [2.24, 2.45) is 0 Å². The second kappa shape index (κ2) is 2.56. The van der Waals surface area contributed by atoms with Crippen molar-refractivity contribution in [3.05, 3.63) is 0 Å². The average Bonchev–Trinajstić information content (AvgIpc) is 1.35. The molecule has 0 bridgehead atoms. The van der Waals surface area contributed by atoms with Crippen LogP contribution < -0.4 is 0 Å². The van der Waals surface area contributed by atoms with Crippen LogP contribution in [0.1, 0.15) is 20.8 Å². The van der Waals surface area contributed by atoms with E-state index in [0.717, 1.165) is 11.9 Å². The molecule has 0 unspecified atom stereocenters. The van der Waals surface area contributed by atoms with Crippen LogP contribution in [0.4, 0.5) is 0 Å². The molecule has 0 N–H and O–H groups in total. The van der Waals surface area contributed by atoms with Crippen LogP contribution in [-0.2, 0) is 0 Å². The zero-order chi connectivity index (χ0) is 5.21. The van der Waals surface area contributed by atoms with Gasteiger partial charge in [-0.05, 0) is 0 Å². The van der Waals surface area contributed by atoms with Crippen molar-refractivity contribution in [2.75, 3.05) is 0 Å². The molecule has 0 aliphatic heterocycles. The molecule has 6 heavy (non-hydrogen) atoms. The molecule has 0 saturated heterocycles. The van der Waals surface area contributed by atoms with Crippen LogP contribution in [0.2, 0.25) is 4.31 Å². The van der Waals surface area contributed by atoms with Crippen molar-refractivity contribution in [2.45, 2.75) is 25.1 Å². The minimum absolute atomic E-state index is 0.617. The Bertz CT molecular complexity index is 37.3. The molecule has 0 amide bonds. The van der Waals surface area contributed by atoms with Crippen molar-refractivity contribution < 1.29 is 0 Å². The molecule has 0 aromatic heterocycles. The molecule has 0 fully saturated rings. The summed E-state index contributed by atoms with van der Waals surface area (Å²) in [5, 5.41) is 0. The van der Waals surface area contributed by atoms with Crippen molar-refractivity contribution in [1.82, 2.24) is 0 Å². The summed E-state index contributed by atoms with van der Waals surface area (Å²) in [6, 6.07) is 0. The molecule has 0 rings (SSSR count). The molecular formula is C4H9MgSe+. The summed E-state index contributed by atoms with van der Waals surface area (Å²) >= 11 is 2.94. The van der Waals surface area contributed by atoms with Crippen LogP contribution in [0.5, 0.6) is 0 Å². The van der Waals surface area contributed by atoms with Gasteiger partial charge in [-0.2, -0.15) is 0 Å². The van der Waals surface area contributed by atoms with E-state index in [2.05, 4.69) is 40.3 Å². The van der Waals surface area contributed by atoms with E-state index in [1.807, 2.05) is 0 Å². The fourth-order valence-corrected chi connectivity index (χ4v) is 0. The average molecular weight is 160 g/mol. The third kappa shape index (κ3) is 5.29. The van der Waals surface area contributed by atoms with Gasteiger partial charge in [-0.3, -0.25) is 0 Å². The van der Waals surface area contributed by atoms with Crippen LogP contribution in [0.3, 0.4) is 0 Å². The predicted molar refractivity (Wildman–Crippen MR) is 31.2 cm³/mol. The summed E-state index contributed by atoms with van der Waals surface area (Å²) in [4.78, 5) is 0. The van der Waals surface area contributed by atoms with Gasteiger partial charge in [0.2, 0.25) is 0 Å². The Hall–Kier alpha value is 1.29. The maximum absolute atomic E-state index is 2.28. The first-order chi connectivity index (χ1) is 2.56. The van der Waals surface area contributed by atoms with E-state index in [-0.39, 0.29) is 0 Å². The van der Waals surface area contributed by atoms with Gasteiger partial charge < -0.3 is 0 Å². The molecule has 0 saturated carbocycles. The van der Waals surface area contributed by atoms with Crippen LogP contribution in [-0.4, -0.2) is 31.4 Å². The summed E-state index contributed by atoms with van der Waals surface area (Å²) in [6.45, 7) is 6.83. The Morgan fingerprint density at radius 3 is 1.50 bits per heavy atom. The second-order valence-electron chi connectivity index (χ2n) is 2.26. The van der Waals surface area contributed by atoms with Crippen LogP contribution >= 0.6 is 0 Å². The molecule has 32 valence electrons. The summed E-state index contributed by atoms with van der Waals surface area (Å²) in [5.74, 6) is 0. The van der Waals surface area contributed by atoms with Crippen molar-refractivity contribution in [3.8, 4) is 0 Å². The van der Waals surface area contributed by atoms with Gasteiger partial charge >= 0.3 is 56.5 Å². The number of hydrogen-bond donors (Lipinski definition) is 0. The molecule has 0 aromatic rings. The number of rotatable bonds is 0. The van der Waals surface area contributed by atoms with Gasteiger partial charge in [0, 0.05) is 0 Å². The van der Waals surface area contributed by atoms with E-state index < -0.39 is 0 Å². The molecule has 0 aliphatic carbocycles.